The molecule has 0 aliphatic rings. The molecule has 0 aliphatic carbocycles. The number of aromatic nitrogens is 4. The Bertz CT molecular complexity index is 3400. The van der Waals surface area contributed by atoms with E-state index in [0.717, 1.165) is 39.7 Å². The molecule has 12 heteroatoms. The summed E-state index contributed by atoms with van der Waals surface area (Å²) >= 11 is 3.47. The molecule has 0 saturated heterocycles. The van der Waals surface area contributed by atoms with E-state index in [1.807, 2.05) is 220 Å². The molecule has 2 atom stereocenters. The molecule has 9 rings (SSSR count). The molecule has 11 nitrogen and oxygen atoms in total. The van der Waals surface area contributed by atoms with Crippen molar-refractivity contribution in [3.8, 4) is 5.69 Å². The summed E-state index contributed by atoms with van der Waals surface area (Å²) < 4.78 is 4.21. The molecule has 0 fully saturated rings. The van der Waals surface area contributed by atoms with E-state index in [1.165, 1.54) is 0 Å². The molecule has 0 saturated carbocycles. The summed E-state index contributed by atoms with van der Waals surface area (Å²) in [4.78, 5) is 71.4. The minimum absolute atomic E-state index is 0.00429. The zero-order valence-corrected chi connectivity index (χ0v) is 44.2. The highest BCUT2D eigenvalue weighted by Gasteiger charge is 2.33. The second-order valence-electron chi connectivity index (χ2n) is 18.6. The number of carbonyl (C=O) groups is 2. The van der Waals surface area contributed by atoms with Gasteiger partial charge in [-0.15, -0.1) is 0 Å². The van der Waals surface area contributed by atoms with Crippen LogP contribution in [-0.4, -0.2) is 79.3 Å². The predicted molar refractivity (Wildman–Crippen MR) is 301 cm³/mol. The molecule has 2 aromatic heterocycles. The molecule has 2 heterocycles. The molecule has 7 aromatic carbocycles. The lowest BCUT2D eigenvalue weighted by atomic mass is 9.89. The van der Waals surface area contributed by atoms with E-state index in [9.17, 15) is 19.2 Å². The number of amides is 2. The fourth-order valence-corrected chi connectivity index (χ4v) is 9.68. The second-order valence-corrected chi connectivity index (χ2v) is 19.5. The van der Waals surface area contributed by atoms with Crippen molar-refractivity contribution in [3.05, 3.63) is 253 Å². The molecule has 9 aromatic rings. The van der Waals surface area contributed by atoms with Crippen molar-refractivity contribution in [2.75, 3.05) is 33.7 Å². The molecule has 2 unspecified atom stereocenters. The Hall–Kier alpha value is -7.80. The molecule has 74 heavy (non-hydrogen) atoms. The first-order valence-electron chi connectivity index (χ1n) is 25.2. The average molecular weight is 1050 g/mol. The maximum absolute atomic E-state index is 14.6. The normalized spacial score (nSPS) is 12.1. The largest absolute Gasteiger partial charge is 0.332 e. The van der Waals surface area contributed by atoms with E-state index < -0.39 is 18.0 Å². The number of benzene rings is 7. The van der Waals surface area contributed by atoms with Gasteiger partial charge in [0.2, 0.25) is 5.91 Å². The van der Waals surface area contributed by atoms with Crippen LogP contribution in [-0.2, 0) is 11.3 Å². The van der Waals surface area contributed by atoms with Gasteiger partial charge in [-0.3, -0.25) is 28.3 Å². The summed E-state index contributed by atoms with van der Waals surface area (Å²) in [5, 5.41) is 1.12. The van der Waals surface area contributed by atoms with Crippen LogP contribution in [0.4, 0.5) is 0 Å². The van der Waals surface area contributed by atoms with E-state index in [1.54, 1.807) is 26.2 Å². The third-order valence-corrected chi connectivity index (χ3v) is 13.7. The van der Waals surface area contributed by atoms with Crippen LogP contribution in [0.5, 0.6) is 0 Å². The number of para-hydroxylation sites is 3. The number of hydrogen-bond acceptors (Lipinski definition) is 7. The van der Waals surface area contributed by atoms with Crippen molar-refractivity contribution in [3.63, 3.8) is 0 Å². The van der Waals surface area contributed by atoms with Gasteiger partial charge in [0.05, 0.1) is 52.0 Å². The Morgan fingerprint density at radius 3 is 1.65 bits per heavy atom. The topological polar surface area (TPSA) is 114 Å². The van der Waals surface area contributed by atoms with Crippen molar-refractivity contribution >= 4 is 49.6 Å². The van der Waals surface area contributed by atoms with Gasteiger partial charge in [0.25, 0.3) is 17.0 Å². The van der Waals surface area contributed by atoms with Gasteiger partial charge >= 0.3 is 0 Å². The first-order valence-corrected chi connectivity index (χ1v) is 26.0. The fourth-order valence-electron chi connectivity index (χ4n) is 9.28. The molecule has 0 radical (unpaired) electrons. The van der Waals surface area contributed by atoms with Crippen LogP contribution >= 0.6 is 15.9 Å². The molecule has 0 bridgehead atoms. The Kier molecular flexibility index (Phi) is 17.6. The number of nitrogens with zero attached hydrogens (tertiary/aromatic N) is 7. The Morgan fingerprint density at radius 2 is 1.08 bits per heavy atom. The first kappa shape index (κ1) is 52.5. The van der Waals surface area contributed by atoms with Gasteiger partial charge < -0.3 is 14.7 Å². The lowest BCUT2D eigenvalue weighted by Gasteiger charge is -2.34. The number of carbonyl (C=O) groups excluding carboxylic acids is 2. The standard InChI is InChI=1S/C34H33N3O2.C28H29BrN4O2/c1-3-4-24-36(34(39)31(26-16-8-5-9-17-26)27-18-10-6-11-19-27)25(2)32-35-30-23-15-14-22-29(30)33(38)37(32)28-20-12-7-13-21-28;1-20(32(17-16-31(2)3)27(34)22-12-9-13-23(29)18-22)26-30-25-15-8-7-14-24(25)28(35)33(26)19-21-10-5-4-6-11-21/h5-23,25,31H,3-4,24H2,1-2H3;4-15,18,20H,16-17,19H2,1-3H3. The van der Waals surface area contributed by atoms with Crippen molar-refractivity contribution in [2.24, 2.45) is 0 Å². The van der Waals surface area contributed by atoms with Crippen LogP contribution in [0.2, 0.25) is 0 Å². The number of rotatable bonds is 17. The highest BCUT2D eigenvalue weighted by Crippen LogP contribution is 2.32. The van der Waals surface area contributed by atoms with Crippen LogP contribution in [0.1, 0.15) is 90.3 Å². The maximum atomic E-state index is 14.6. The minimum Gasteiger partial charge on any atom is -0.332 e. The fraction of sp³-hybridized carbons (Fsp3) is 0.226. The Morgan fingerprint density at radius 1 is 0.568 bits per heavy atom. The molecule has 376 valence electrons. The van der Waals surface area contributed by atoms with Crippen LogP contribution in [0.3, 0.4) is 0 Å². The molecular weight excluding hydrogens is 987 g/mol. The summed E-state index contributed by atoms with van der Waals surface area (Å²) in [6.07, 6.45) is 1.78. The van der Waals surface area contributed by atoms with E-state index in [0.29, 0.717) is 65.2 Å². The van der Waals surface area contributed by atoms with E-state index >= 15 is 0 Å². The van der Waals surface area contributed by atoms with Crippen molar-refractivity contribution < 1.29 is 9.59 Å². The highest BCUT2D eigenvalue weighted by molar-refractivity contribution is 9.10. The lowest BCUT2D eigenvalue weighted by Crippen LogP contribution is -2.41. The summed E-state index contributed by atoms with van der Waals surface area (Å²) in [5.74, 6) is 0.544. The summed E-state index contributed by atoms with van der Waals surface area (Å²) in [6.45, 7) is 8.16. The SMILES string of the molecule is CC(c1nc2ccccc2c(=O)n1Cc1ccccc1)N(CCN(C)C)C(=O)c1cccc(Br)c1.CCCCN(C(=O)C(c1ccccc1)c1ccccc1)C(C)c1nc2ccccc2c(=O)n1-c1ccccc1. The monoisotopic (exact) mass is 1050 g/mol. The number of fused-ring (bicyclic) bond motifs is 2. The molecule has 0 spiro atoms. The van der Waals surface area contributed by atoms with Gasteiger partial charge in [0, 0.05) is 29.7 Å². The predicted octanol–water partition coefficient (Wildman–Crippen LogP) is 11.9. The molecule has 0 N–H and O–H groups in total. The van der Waals surface area contributed by atoms with Gasteiger partial charge in [0.1, 0.15) is 11.6 Å². The zero-order valence-electron chi connectivity index (χ0n) is 42.6. The zero-order chi connectivity index (χ0) is 52.1. The van der Waals surface area contributed by atoms with Gasteiger partial charge in [-0.25, -0.2) is 9.97 Å². The van der Waals surface area contributed by atoms with E-state index in [-0.39, 0.29) is 22.9 Å². The third-order valence-electron chi connectivity index (χ3n) is 13.2. The number of unbranched alkanes of at least 4 members (excludes halogenated alkanes) is 1. The third kappa shape index (κ3) is 12.2. The van der Waals surface area contributed by atoms with Gasteiger partial charge in [0.15, 0.2) is 0 Å². The molecular formula is C62H62BrN7O4. The summed E-state index contributed by atoms with van der Waals surface area (Å²) in [5.41, 5.74) is 5.20. The summed E-state index contributed by atoms with van der Waals surface area (Å²) in [7, 11) is 3.96. The van der Waals surface area contributed by atoms with Gasteiger partial charge in [-0.05, 0) is 106 Å². The van der Waals surface area contributed by atoms with Crippen molar-refractivity contribution in [1.29, 1.82) is 0 Å². The molecule has 0 aliphatic heterocycles. The maximum Gasteiger partial charge on any atom is 0.266 e. The molecule has 2 amide bonds. The summed E-state index contributed by atoms with van der Waals surface area (Å²) in [6, 6.07) is 60.5. The van der Waals surface area contributed by atoms with Crippen molar-refractivity contribution in [2.45, 2.75) is 58.2 Å². The van der Waals surface area contributed by atoms with Crippen LogP contribution < -0.4 is 11.1 Å². The van der Waals surface area contributed by atoms with E-state index in [4.69, 9.17) is 9.97 Å². The number of hydrogen-bond donors (Lipinski definition) is 0. The lowest BCUT2D eigenvalue weighted by molar-refractivity contribution is -0.134. The van der Waals surface area contributed by atoms with Crippen molar-refractivity contribution in [1.82, 2.24) is 33.8 Å². The highest BCUT2D eigenvalue weighted by atomic mass is 79.9. The first-order chi connectivity index (χ1) is 35.9. The van der Waals surface area contributed by atoms with Gasteiger partial charge in [-0.2, -0.15) is 0 Å². The van der Waals surface area contributed by atoms with Gasteiger partial charge in [-0.1, -0.05) is 169 Å². The smallest absolute Gasteiger partial charge is 0.266 e. The van der Waals surface area contributed by atoms with Crippen LogP contribution in [0.15, 0.2) is 208 Å². The van der Waals surface area contributed by atoms with Crippen LogP contribution in [0, 0.1) is 0 Å². The number of halogens is 1. The minimum atomic E-state index is -0.468. The average Bonchev–Trinajstić information content (AvgIpc) is 3.43. The quantitative estimate of drug-likeness (QED) is 0.0892. The number of likely N-dealkylation sites (N-methyl/N-ethyl adjacent to an activating group) is 1. The Labute approximate surface area is 441 Å². The van der Waals surface area contributed by atoms with E-state index in [2.05, 4.69) is 22.9 Å². The van der Waals surface area contributed by atoms with Crippen LogP contribution in [0.25, 0.3) is 27.5 Å². The Balaban J connectivity index is 0.000000198. The second kappa shape index (κ2) is 24.8.